The smallest absolute Gasteiger partial charge is 0.456 e. The van der Waals surface area contributed by atoms with Crippen molar-refractivity contribution in [2.75, 3.05) is 40.9 Å². The molecule has 0 spiro atoms. The van der Waals surface area contributed by atoms with Gasteiger partial charge in [0, 0.05) is 12.8 Å². The maximum atomic E-state index is 13.5. The lowest BCUT2D eigenvalue weighted by Crippen LogP contribution is -2.47. The van der Waals surface area contributed by atoms with Gasteiger partial charge in [0.05, 0.1) is 33.8 Å². The molecule has 9 nitrogen and oxygen atoms in total. The van der Waals surface area contributed by atoms with E-state index in [9.17, 15) is 19.0 Å². The highest BCUT2D eigenvalue weighted by Crippen LogP contribution is 2.43. The highest BCUT2D eigenvalue weighted by Gasteiger charge is 2.30. The Morgan fingerprint density at radius 2 is 0.877 bits per heavy atom. The number of unbranched alkanes of at least 4 members (excludes halogenated alkanes) is 26. The van der Waals surface area contributed by atoms with Crippen molar-refractivity contribution in [1.29, 1.82) is 0 Å². The number of esters is 1. The summed E-state index contributed by atoms with van der Waals surface area (Å²) in [5.41, 5.74) is 0. The van der Waals surface area contributed by atoms with Gasteiger partial charge in [-0.15, -0.1) is 0 Å². The maximum absolute atomic E-state index is 13.5. The fourth-order valence-corrected chi connectivity index (χ4v) is 8.88. The Hall–Kier alpha value is -2.81. The summed E-state index contributed by atoms with van der Waals surface area (Å²) in [7, 11) is 1.46. The number of nitrogens with one attached hydrogen (secondary N) is 1. The number of hydrogen-bond acceptors (Lipinski definition) is 6. The van der Waals surface area contributed by atoms with Crippen LogP contribution < -0.4 is 5.32 Å². The number of carbonyl (C=O) groups excluding carboxylic acids is 2. The molecule has 422 valence electrons. The Balaban J connectivity index is 5.42. The average Bonchev–Trinajstić information content (AvgIpc) is 3.35. The Kier molecular flexibility index (Phi) is 50.6. The summed E-state index contributed by atoms with van der Waals surface area (Å²) < 4.78 is 30.6. The molecule has 0 rings (SSSR count). The third-order valence-electron chi connectivity index (χ3n) is 12.8. The summed E-state index contributed by atoms with van der Waals surface area (Å²) in [6.07, 6.45) is 68.6. The number of phosphoric acid groups is 1. The lowest BCUT2D eigenvalue weighted by molar-refractivity contribution is -0.870. The van der Waals surface area contributed by atoms with E-state index in [0.717, 1.165) is 109 Å². The van der Waals surface area contributed by atoms with Crippen LogP contribution >= 0.6 is 7.82 Å². The van der Waals surface area contributed by atoms with Gasteiger partial charge in [0.2, 0.25) is 5.91 Å². The molecule has 0 saturated heterocycles. The number of hydrogen-bond donors (Lipinski definition) is 2. The maximum Gasteiger partial charge on any atom is 0.472 e. The first-order chi connectivity index (χ1) is 35.4. The molecule has 0 aliphatic heterocycles. The molecule has 0 fully saturated rings. The van der Waals surface area contributed by atoms with Crippen LogP contribution in [0.5, 0.6) is 0 Å². The standard InChI is InChI=1S/C63H113N2O7P/c1-7-10-13-16-19-22-25-28-30-31-32-33-35-38-41-44-47-50-53-56-63(67)72-61(54-51-48-45-42-39-36-27-24-21-18-15-12-9-3)60(59-71-73(68,69)70-58-57-65(4,5)6)64-62(66)55-52-49-46-43-40-37-34-29-26-23-20-17-14-11-8-2/h19-20,22-23,26,28-30,32-33,38,41,51,54,60-61H,7-18,21,24-25,27,31,34-37,39-40,42-50,52-53,55-59H2,1-6H3,(H-,64,66,68,69)/p+1/b22-19-,23-20+,29-26+,30-28-,33-32-,41-38-,54-51+. The molecule has 0 bridgehead atoms. The zero-order chi connectivity index (χ0) is 53.6. The fraction of sp³-hybridized carbons (Fsp3) is 0.746. The lowest BCUT2D eigenvalue weighted by atomic mass is 10.0. The van der Waals surface area contributed by atoms with Gasteiger partial charge < -0.3 is 19.4 Å². The van der Waals surface area contributed by atoms with E-state index in [2.05, 4.69) is 99.0 Å². The van der Waals surface area contributed by atoms with E-state index in [-0.39, 0.29) is 31.5 Å². The minimum atomic E-state index is -4.46. The summed E-state index contributed by atoms with van der Waals surface area (Å²) in [5, 5.41) is 3.04. The summed E-state index contributed by atoms with van der Waals surface area (Å²) in [6.45, 7) is 6.92. The van der Waals surface area contributed by atoms with E-state index in [1.165, 1.54) is 103 Å². The van der Waals surface area contributed by atoms with E-state index < -0.39 is 20.0 Å². The van der Waals surface area contributed by atoms with Crippen molar-refractivity contribution in [3.05, 3.63) is 85.1 Å². The van der Waals surface area contributed by atoms with E-state index >= 15 is 0 Å². The zero-order valence-electron chi connectivity index (χ0n) is 48.1. The molecule has 0 aliphatic rings. The van der Waals surface area contributed by atoms with Crippen molar-refractivity contribution in [3.63, 3.8) is 0 Å². The normalized spacial score (nSPS) is 14.3. The van der Waals surface area contributed by atoms with Crippen molar-refractivity contribution in [1.82, 2.24) is 5.32 Å². The average molecular weight is 1040 g/mol. The number of allylic oxidation sites excluding steroid dienone is 13. The van der Waals surface area contributed by atoms with Crippen molar-refractivity contribution >= 4 is 19.7 Å². The van der Waals surface area contributed by atoms with Crippen LogP contribution in [0.1, 0.15) is 252 Å². The molecular formula is C63H114N2O7P+. The Labute approximate surface area is 450 Å². The molecule has 0 radical (unpaired) electrons. The number of nitrogens with zero attached hydrogens (tertiary/aromatic N) is 1. The number of carbonyl (C=O) groups is 2. The molecule has 0 aromatic carbocycles. The van der Waals surface area contributed by atoms with Gasteiger partial charge in [-0.3, -0.25) is 18.6 Å². The van der Waals surface area contributed by atoms with Crippen LogP contribution in [0.2, 0.25) is 0 Å². The highest BCUT2D eigenvalue weighted by atomic mass is 31.2. The third kappa shape index (κ3) is 53.8. The molecule has 73 heavy (non-hydrogen) atoms. The topological polar surface area (TPSA) is 111 Å². The number of ether oxygens (including phenoxy) is 1. The van der Waals surface area contributed by atoms with Crippen molar-refractivity contribution in [2.45, 2.75) is 264 Å². The predicted octanol–water partition coefficient (Wildman–Crippen LogP) is 18.2. The van der Waals surface area contributed by atoms with Gasteiger partial charge in [-0.1, -0.05) is 222 Å². The van der Waals surface area contributed by atoms with E-state index in [1.807, 2.05) is 33.3 Å². The quantitative estimate of drug-likeness (QED) is 0.0156. The fourth-order valence-electron chi connectivity index (χ4n) is 8.15. The second-order valence-electron chi connectivity index (χ2n) is 21.2. The number of phosphoric ester groups is 1. The van der Waals surface area contributed by atoms with E-state index in [1.54, 1.807) is 0 Å². The third-order valence-corrected chi connectivity index (χ3v) is 13.8. The van der Waals surface area contributed by atoms with Crippen LogP contribution in [0.3, 0.4) is 0 Å². The van der Waals surface area contributed by atoms with E-state index in [4.69, 9.17) is 13.8 Å². The van der Waals surface area contributed by atoms with E-state index in [0.29, 0.717) is 23.9 Å². The van der Waals surface area contributed by atoms with Crippen LogP contribution in [0.15, 0.2) is 85.1 Å². The van der Waals surface area contributed by atoms with Crippen LogP contribution in [-0.2, 0) is 27.9 Å². The Morgan fingerprint density at radius 1 is 0.493 bits per heavy atom. The number of rotatable bonds is 53. The van der Waals surface area contributed by atoms with Crippen molar-refractivity contribution in [3.8, 4) is 0 Å². The van der Waals surface area contributed by atoms with Crippen LogP contribution in [-0.4, -0.2) is 74.3 Å². The molecule has 0 aromatic heterocycles. The summed E-state index contributed by atoms with van der Waals surface area (Å²) in [5.74, 6) is -0.557. The molecule has 0 aromatic rings. The number of amides is 1. The number of likely N-dealkylation sites (N-methyl/N-ethyl adjacent to an activating group) is 1. The second-order valence-corrected chi connectivity index (χ2v) is 22.6. The molecule has 2 N–H and O–H groups in total. The first kappa shape index (κ1) is 70.2. The molecular weight excluding hydrogens is 928 g/mol. The van der Waals surface area contributed by atoms with Crippen LogP contribution in [0.25, 0.3) is 0 Å². The van der Waals surface area contributed by atoms with Gasteiger partial charge >= 0.3 is 13.8 Å². The lowest BCUT2D eigenvalue weighted by Gasteiger charge is -2.27. The molecule has 0 aliphatic carbocycles. The van der Waals surface area contributed by atoms with Crippen molar-refractivity contribution in [2.24, 2.45) is 0 Å². The Bertz CT molecular complexity index is 1530. The minimum absolute atomic E-state index is 0.0290. The summed E-state index contributed by atoms with van der Waals surface area (Å²) in [4.78, 5) is 37.6. The van der Waals surface area contributed by atoms with Gasteiger partial charge in [0.15, 0.2) is 0 Å². The van der Waals surface area contributed by atoms with Crippen LogP contribution in [0, 0.1) is 0 Å². The molecule has 3 unspecified atom stereocenters. The molecule has 3 atom stereocenters. The molecule has 0 heterocycles. The van der Waals surface area contributed by atoms with Crippen molar-refractivity contribution < 1.29 is 37.3 Å². The zero-order valence-corrected chi connectivity index (χ0v) is 49.0. The van der Waals surface area contributed by atoms with Gasteiger partial charge in [-0.05, 0) is 102 Å². The number of quaternary nitrogens is 1. The predicted molar refractivity (Wildman–Crippen MR) is 314 cm³/mol. The van der Waals surface area contributed by atoms with Gasteiger partial charge in [0.25, 0.3) is 0 Å². The first-order valence-electron chi connectivity index (χ1n) is 29.9. The molecule has 10 heteroatoms. The second kappa shape index (κ2) is 52.6. The monoisotopic (exact) mass is 1040 g/mol. The molecule has 0 saturated carbocycles. The SMILES string of the molecule is CCCCC/C=C\C/C=C\C/C=C\C/C=C\CCCCCC(=O)OC(/C=C/CCCCCCCCCCCCC)C(COP(=O)(O)OCC[N+](C)(C)C)NC(=O)CCCCCCCC/C=C/C=C/CCCCC. The summed E-state index contributed by atoms with van der Waals surface area (Å²) >= 11 is 0. The van der Waals surface area contributed by atoms with Gasteiger partial charge in [-0.2, -0.15) is 0 Å². The minimum Gasteiger partial charge on any atom is -0.456 e. The largest absolute Gasteiger partial charge is 0.472 e. The summed E-state index contributed by atoms with van der Waals surface area (Å²) in [6, 6.07) is -0.871. The highest BCUT2D eigenvalue weighted by molar-refractivity contribution is 7.47. The van der Waals surface area contributed by atoms with Gasteiger partial charge in [-0.25, -0.2) is 4.57 Å². The van der Waals surface area contributed by atoms with Gasteiger partial charge in [0.1, 0.15) is 19.3 Å². The van der Waals surface area contributed by atoms with Crippen LogP contribution in [0.4, 0.5) is 0 Å². The first-order valence-corrected chi connectivity index (χ1v) is 31.4. The molecule has 1 amide bonds. The Morgan fingerprint density at radius 3 is 1.37 bits per heavy atom.